The number of nitrogens with zero attached hydrogens (tertiary/aromatic N) is 5. The molecule has 0 aliphatic rings. The maximum absolute atomic E-state index is 6.73. The lowest BCUT2D eigenvalue weighted by Gasteiger charge is -2.16. The Bertz CT molecular complexity index is 2300. The van der Waals surface area contributed by atoms with E-state index >= 15 is 0 Å². The average Bonchev–Trinajstić information content (AvgIpc) is 3.15. The van der Waals surface area contributed by atoms with Gasteiger partial charge in [0.15, 0.2) is 23.3 Å². The maximum Gasteiger partial charge on any atom is 0.164 e. The zero-order chi connectivity index (χ0) is 31.6. The Morgan fingerprint density at radius 1 is 0.340 bits per heavy atom. The van der Waals surface area contributed by atoms with Crippen LogP contribution in [0, 0.1) is 0 Å². The van der Waals surface area contributed by atoms with Gasteiger partial charge in [0.2, 0.25) is 0 Å². The second kappa shape index (κ2) is 12.4. The molecule has 0 unspecified atom stereocenters. The maximum atomic E-state index is 6.73. The molecule has 6 aromatic carbocycles. The van der Waals surface area contributed by atoms with Crippen LogP contribution >= 0.6 is 11.6 Å². The minimum atomic E-state index is 0.552. The number of hydrogen-bond acceptors (Lipinski definition) is 5. The van der Waals surface area contributed by atoms with Crippen molar-refractivity contribution in [3.8, 4) is 67.9 Å². The van der Waals surface area contributed by atoms with Crippen LogP contribution in [-0.4, -0.2) is 24.9 Å². The predicted molar refractivity (Wildman–Crippen MR) is 191 cm³/mol. The Labute approximate surface area is 277 Å². The third-order valence-corrected chi connectivity index (χ3v) is 8.26. The second-order valence-electron chi connectivity index (χ2n) is 11.1. The molecular weight excluding hydrogens is 598 g/mol. The molecule has 2 heterocycles. The number of rotatable bonds is 6. The normalized spacial score (nSPS) is 11.1. The molecule has 2 aromatic heterocycles. The summed E-state index contributed by atoms with van der Waals surface area (Å²) in [5.74, 6) is 2.41. The van der Waals surface area contributed by atoms with Gasteiger partial charge in [-0.1, -0.05) is 145 Å². The first-order valence-electron chi connectivity index (χ1n) is 15.3. The summed E-state index contributed by atoms with van der Waals surface area (Å²) in [7, 11) is 0. The van der Waals surface area contributed by atoms with Gasteiger partial charge in [0.05, 0.1) is 11.2 Å². The molecule has 0 aliphatic heterocycles. The molecule has 0 N–H and O–H groups in total. The van der Waals surface area contributed by atoms with Gasteiger partial charge in [-0.05, 0) is 35.4 Å². The van der Waals surface area contributed by atoms with E-state index in [2.05, 4.69) is 18.2 Å². The van der Waals surface area contributed by atoms with Crippen molar-refractivity contribution in [2.75, 3.05) is 0 Å². The van der Waals surface area contributed by atoms with Crippen molar-refractivity contribution in [2.24, 2.45) is 0 Å². The molecular formula is C41H26ClN5. The van der Waals surface area contributed by atoms with E-state index in [1.54, 1.807) is 0 Å². The van der Waals surface area contributed by atoms with Crippen LogP contribution in [0.1, 0.15) is 0 Å². The van der Waals surface area contributed by atoms with E-state index in [1.165, 1.54) is 0 Å². The Balaban J connectivity index is 1.37. The Morgan fingerprint density at radius 2 is 0.830 bits per heavy atom. The summed E-state index contributed by atoms with van der Waals surface area (Å²) in [6.45, 7) is 0. The van der Waals surface area contributed by atoms with Gasteiger partial charge in [-0.3, -0.25) is 0 Å². The predicted octanol–water partition coefficient (Wildman–Crippen LogP) is 10.5. The number of benzene rings is 6. The van der Waals surface area contributed by atoms with Gasteiger partial charge in [-0.2, -0.15) is 0 Å². The van der Waals surface area contributed by atoms with E-state index in [1.807, 2.05) is 140 Å². The highest BCUT2D eigenvalue weighted by Gasteiger charge is 2.20. The van der Waals surface area contributed by atoms with Crippen molar-refractivity contribution in [1.82, 2.24) is 24.9 Å². The Morgan fingerprint density at radius 3 is 1.45 bits per heavy atom. The smallest absolute Gasteiger partial charge is 0.164 e. The molecule has 6 heteroatoms. The largest absolute Gasteiger partial charge is 0.228 e. The van der Waals surface area contributed by atoms with Gasteiger partial charge in [-0.25, -0.2) is 24.9 Å². The first-order chi connectivity index (χ1) is 23.2. The molecule has 0 spiro atoms. The second-order valence-corrected chi connectivity index (χ2v) is 11.5. The third kappa shape index (κ3) is 5.65. The van der Waals surface area contributed by atoms with Crippen LogP contribution in [-0.2, 0) is 0 Å². The highest BCUT2D eigenvalue weighted by molar-refractivity contribution is 6.31. The molecule has 0 aliphatic carbocycles. The first kappa shape index (κ1) is 28.4. The molecule has 8 rings (SSSR count). The van der Waals surface area contributed by atoms with Gasteiger partial charge >= 0.3 is 0 Å². The first-order valence-corrected chi connectivity index (χ1v) is 15.7. The van der Waals surface area contributed by atoms with Crippen LogP contribution < -0.4 is 0 Å². The van der Waals surface area contributed by atoms with Crippen molar-refractivity contribution in [3.63, 3.8) is 0 Å². The number of hydrogen-bond donors (Lipinski definition) is 0. The Kier molecular flexibility index (Phi) is 7.50. The molecule has 0 saturated heterocycles. The van der Waals surface area contributed by atoms with Crippen LogP contribution in [0.15, 0.2) is 158 Å². The highest BCUT2D eigenvalue weighted by atomic mass is 35.5. The van der Waals surface area contributed by atoms with Crippen LogP contribution in [0.4, 0.5) is 0 Å². The third-order valence-electron chi connectivity index (χ3n) is 8.03. The monoisotopic (exact) mass is 623 g/mol. The molecule has 0 fully saturated rings. The zero-order valence-corrected chi connectivity index (χ0v) is 25.9. The van der Waals surface area contributed by atoms with E-state index in [4.69, 9.17) is 36.5 Å². The Hall–Kier alpha value is -6.04. The van der Waals surface area contributed by atoms with Crippen molar-refractivity contribution in [1.29, 1.82) is 0 Å². The SMILES string of the molecule is Clc1ccc(-c2nc(-c3ccccc3)nc(-c3ccccc3)n2)c(-c2ccccc2-c2nc(-c3ccccc3)nc3ccccc23)c1. The molecule has 0 atom stereocenters. The van der Waals surface area contributed by atoms with Crippen molar-refractivity contribution in [2.45, 2.75) is 0 Å². The van der Waals surface area contributed by atoms with Gasteiger partial charge in [0.1, 0.15) is 0 Å². The van der Waals surface area contributed by atoms with Gasteiger partial charge in [0, 0.05) is 38.2 Å². The topological polar surface area (TPSA) is 64.5 Å². The lowest BCUT2D eigenvalue weighted by molar-refractivity contribution is 1.07. The zero-order valence-electron chi connectivity index (χ0n) is 25.1. The van der Waals surface area contributed by atoms with Crippen molar-refractivity contribution in [3.05, 3.63) is 163 Å². The molecule has 0 saturated carbocycles. The molecule has 0 bridgehead atoms. The minimum Gasteiger partial charge on any atom is -0.228 e. The summed E-state index contributed by atoms with van der Waals surface area (Å²) < 4.78 is 0. The van der Waals surface area contributed by atoms with Crippen molar-refractivity contribution >= 4 is 22.5 Å². The summed E-state index contributed by atoms with van der Waals surface area (Å²) in [6.07, 6.45) is 0. The quantitative estimate of drug-likeness (QED) is 0.184. The summed E-state index contributed by atoms with van der Waals surface area (Å²) >= 11 is 6.73. The van der Waals surface area contributed by atoms with E-state index in [0.29, 0.717) is 28.3 Å². The number of fused-ring (bicyclic) bond motifs is 1. The van der Waals surface area contributed by atoms with Crippen LogP contribution in [0.3, 0.4) is 0 Å². The summed E-state index contributed by atoms with van der Waals surface area (Å²) in [5.41, 5.74) is 8.10. The van der Waals surface area contributed by atoms with E-state index < -0.39 is 0 Å². The van der Waals surface area contributed by atoms with Crippen LogP contribution in [0.2, 0.25) is 5.02 Å². The summed E-state index contributed by atoms with van der Waals surface area (Å²) in [6, 6.07) is 52.2. The van der Waals surface area contributed by atoms with Gasteiger partial charge in [0.25, 0.3) is 0 Å². The van der Waals surface area contributed by atoms with E-state index in [-0.39, 0.29) is 0 Å². The molecule has 5 nitrogen and oxygen atoms in total. The number of para-hydroxylation sites is 1. The van der Waals surface area contributed by atoms with Gasteiger partial charge < -0.3 is 0 Å². The minimum absolute atomic E-state index is 0.552. The standard InChI is InChI=1S/C41H26ClN5/c42-30-24-25-33(41-46-39(28-16-6-2-7-17-28)45-40(47-41)29-18-8-3-9-19-29)35(26-30)31-20-10-11-21-32(31)37-34-22-12-13-23-36(34)43-38(44-37)27-14-4-1-5-15-27/h1-26H. The number of halogens is 1. The van der Waals surface area contributed by atoms with E-state index in [9.17, 15) is 0 Å². The highest BCUT2D eigenvalue weighted by Crippen LogP contribution is 2.41. The molecule has 222 valence electrons. The fourth-order valence-electron chi connectivity index (χ4n) is 5.79. The number of aromatic nitrogens is 5. The lowest BCUT2D eigenvalue weighted by Crippen LogP contribution is -2.01. The fraction of sp³-hybridized carbons (Fsp3) is 0. The molecule has 47 heavy (non-hydrogen) atoms. The lowest BCUT2D eigenvalue weighted by atomic mass is 9.92. The molecule has 0 radical (unpaired) electrons. The molecule has 0 amide bonds. The van der Waals surface area contributed by atoms with Gasteiger partial charge in [-0.15, -0.1) is 0 Å². The summed E-state index contributed by atoms with van der Waals surface area (Å²) in [4.78, 5) is 25.1. The van der Waals surface area contributed by atoms with Crippen molar-refractivity contribution < 1.29 is 0 Å². The van der Waals surface area contributed by atoms with Crippen LogP contribution in [0.25, 0.3) is 78.8 Å². The summed E-state index contributed by atoms with van der Waals surface area (Å²) in [5, 5.41) is 1.57. The van der Waals surface area contributed by atoms with Crippen LogP contribution in [0.5, 0.6) is 0 Å². The van der Waals surface area contributed by atoms with E-state index in [0.717, 1.165) is 55.5 Å². The molecule has 8 aromatic rings. The average molecular weight is 624 g/mol. The fourth-order valence-corrected chi connectivity index (χ4v) is 5.96.